The molecule has 0 fully saturated rings. The van der Waals surface area contributed by atoms with Crippen molar-refractivity contribution in [2.24, 2.45) is 0 Å². The molecule has 4 nitrogen and oxygen atoms in total. The van der Waals surface area contributed by atoms with Crippen LogP contribution < -0.4 is 0 Å². The van der Waals surface area contributed by atoms with Gasteiger partial charge in [0.15, 0.2) is 6.10 Å². The normalized spacial score (nSPS) is 16.2. The zero-order valence-electron chi connectivity index (χ0n) is 9.38. The van der Waals surface area contributed by atoms with Gasteiger partial charge in [0.2, 0.25) is 0 Å². The van der Waals surface area contributed by atoms with E-state index in [9.17, 15) is 15.0 Å². The number of ether oxygens (including phenoxy) is 1. The first-order valence-electron chi connectivity index (χ1n) is 5.12. The van der Waals surface area contributed by atoms with Crippen molar-refractivity contribution in [2.75, 3.05) is 6.61 Å². The highest BCUT2D eigenvalue weighted by molar-refractivity contribution is 5.76. The predicted octanol–water partition coefficient (Wildman–Crippen LogP) is 0.818. The van der Waals surface area contributed by atoms with Crippen LogP contribution in [0.2, 0.25) is 0 Å². The van der Waals surface area contributed by atoms with Gasteiger partial charge in [0.1, 0.15) is 5.60 Å². The fourth-order valence-corrected chi connectivity index (χ4v) is 1.38. The smallest absolute Gasteiger partial charge is 0.338 e. The average Bonchev–Trinajstić information content (AvgIpc) is 2.29. The number of rotatable bonds is 4. The summed E-state index contributed by atoms with van der Waals surface area (Å²) in [7, 11) is 0. The molecule has 2 atom stereocenters. The average molecular weight is 224 g/mol. The van der Waals surface area contributed by atoms with E-state index in [1.54, 1.807) is 37.3 Å². The summed E-state index contributed by atoms with van der Waals surface area (Å²) in [6, 6.07) is 8.52. The van der Waals surface area contributed by atoms with Gasteiger partial charge < -0.3 is 14.9 Å². The maximum atomic E-state index is 11.3. The number of hydrogen-bond donors (Lipinski definition) is 2. The summed E-state index contributed by atoms with van der Waals surface area (Å²) in [5, 5.41) is 19.8. The van der Waals surface area contributed by atoms with Crippen molar-refractivity contribution < 1.29 is 19.7 Å². The van der Waals surface area contributed by atoms with Crippen LogP contribution in [0.25, 0.3) is 0 Å². The largest absolute Gasteiger partial charge is 0.464 e. The Bertz CT molecular complexity index is 345. The Morgan fingerprint density at radius 1 is 1.44 bits per heavy atom. The van der Waals surface area contributed by atoms with Crippen LogP contribution in [0.1, 0.15) is 19.4 Å². The second-order valence-electron chi connectivity index (χ2n) is 3.67. The molecule has 0 aliphatic rings. The molecule has 0 amide bonds. The molecule has 0 aromatic heterocycles. The SMILES string of the molecule is CCOC(=O)C(O)C(C)(O)c1ccccc1. The summed E-state index contributed by atoms with van der Waals surface area (Å²) >= 11 is 0. The number of esters is 1. The van der Waals surface area contributed by atoms with E-state index in [2.05, 4.69) is 4.74 Å². The molecular weight excluding hydrogens is 208 g/mol. The van der Waals surface area contributed by atoms with Crippen molar-refractivity contribution in [1.29, 1.82) is 0 Å². The zero-order valence-corrected chi connectivity index (χ0v) is 9.38. The van der Waals surface area contributed by atoms with Crippen molar-refractivity contribution in [2.45, 2.75) is 25.6 Å². The van der Waals surface area contributed by atoms with E-state index < -0.39 is 17.7 Å². The maximum Gasteiger partial charge on any atom is 0.338 e. The van der Waals surface area contributed by atoms with Crippen LogP contribution in [0, 0.1) is 0 Å². The van der Waals surface area contributed by atoms with Crippen LogP contribution in [0.15, 0.2) is 30.3 Å². The lowest BCUT2D eigenvalue weighted by molar-refractivity contribution is -0.168. The monoisotopic (exact) mass is 224 g/mol. The quantitative estimate of drug-likeness (QED) is 0.743. The summed E-state index contributed by atoms with van der Waals surface area (Å²) in [6.07, 6.45) is -1.59. The first-order valence-corrected chi connectivity index (χ1v) is 5.12. The number of aliphatic hydroxyl groups excluding tert-OH is 1. The predicted molar refractivity (Wildman–Crippen MR) is 58.7 cm³/mol. The Balaban J connectivity index is 2.89. The molecule has 1 aromatic rings. The van der Waals surface area contributed by atoms with Crippen LogP contribution in [-0.2, 0) is 15.1 Å². The van der Waals surface area contributed by atoms with Crippen LogP contribution >= 0.6 is 0 Å². The summed E-state index contributed by atoms with van der Waals surface area (Å²) in [4.78, 5) is 11.3. The van der Waals surface area contributed by atoms with Gasteiger partial charge in [-0.25, -0.2) is 4.79 Å². The lowest BCUT2D eigenvalue weighted by Crippen LogP contribution is -2.43. The Kier molecular flexibility index (Phi) is 4.04. The van der Waals surface area contributed by atoms with E-state index in [1.165, 1.54) is 6.92 Å². The standard InChI is InChI=1S/C12H16O4/c1-3-16-11(14)10(13)12(2,15)9-7-5-4-6-8-9/h4-8,10,13,15H,3H2,1-2H3. The van der Waals surface area contributed by atoms with Crippen LogP contribution in [0.3, 0.4) is 0 Å². The second-order valence-corrected chi connectivity index (χ2v) is 3.67. The molecule has 4 heteroatoms. The summed E-state index contributed by atoms with van der Waals surface area (Å²) in [5.41, 5.74) is -1.18. The maximum absolute atomic E-state index is 11.3. The van der Waals surface area contributed by atoms with Gasteiger partial charge in [-0.15, -0.1) is 0 Å². The Labute approximate surface area is 94.5 Å². The molecule has 0 saturated carbocycles. The van der Waals surface area contributed by atoms with Gasteiger partial charge in [-0.3, -0.25) is 0 Å². The Morgan fingerprint density at radius 3 is 2.50 bits per heavy atom. The molecule has 0 aliphatic heterocycles. The molecule has 0 spiro atoms. The molecule has 88 valence electrons. The molecule has 0 bridgehead atoms. The van der Waals surface area contributed by atoms with E-state index in [1.807, 2.05) is 0 Å². The highest BCUT2D eigenvalue weighted by Crippen LogP contribution is 2.25. The van der Waals surface area contributed by atoms with Crippen LogP contribution in [0.5, 0.6) is 0 Å². The highest BCUT2D eigenvalue weighted by Gasteiger charge is 2.38. The summed E-state index contributed by atoms with van der Waals surface area (Å²) < 4.78 is 4.66. The minimum Gasteiger partial charge on any atom is -0.464 e. The number of aliphatic hydroxyl groups is 2. The highest BCUT2D eigenvalue weighted by atomic mass is 16.5. The molecule has 1 rings (SSSR count). The topological polar surface area (TPSA) is 66.8 Å². The third-order valence-electron chi connectivity index (χ3n) is 2.40. The van der Waals surface area contributed by atoms with Crippen molar-refractivity contribution in [3.05, 3.63) is 35.9 Å². The molecule has 0 aliphatic carbocycles. The van der Waals surface area contributed by atoms with Crippen molar-refractivity contribution in [3.63, 3.8) is 0 Å². The third-order valence-corrected chi connectivity index (χ3v) is 2.40. The van der Waals surface area contributed by atoms with E-state index in [4.69, 9.17) is 0 Å². The fraction of sp³-hybridized carbons (Fsp3) is 0.417. The van der Waals surface area contributed by atoms with E-state index >= 15 is 0 Å². The van der Waals surface area contributed by atoms with Crippen molar-refractivity contribution >= 4 is 5.97 Å². The zero-order chi connectivity index (χ0) is 12.2. The molecular formula is C12H16O4. The van der Waals surface area contributed by atoms with Crippen molar-refractivity contribution in [1.82, 2.24) is 0 Å². The summed E-state index contributed by atoms with van der Waals surface area (Å²) in [5.74, 6) is -0.823. The number of hydrogen-bond acceptors (Lipinski definition) is 4. The first-order chi connectivity index (χ1) is 7.50. The van der Waals surface area contributed by atoms with E-state index in [0.29, 0.717) is 5.56 Å². The molecule has 0 radical (unpaired) electrons. The Morgan fingerprint density at radius 2 is 2.00 bits per heavy atom. The molecule has 1 aromatic carbocycles. The minimum absolute atomic E-state index is 0.167. The van der Waals surface area contributed by atoms with Crippen LogP contribution in [0.4, 0.5) is 0 Å². The molecule has 0 saturated heterocycles. The molecule has 2 unspecified atom stereocenters. The van der Waals surface area contributed by atoms with Gasteiger partial charge in [0.25, 0.3) is 0 Å². The number of carbonyl (C=O) groups is 1. The number of benzene rings is 1. The lowest BCUT2D eigenvalue weighted by Gasteiger charge is -2.27. The van der Waals surface area contributed by atoms with Gasteiger partial charge in [-0.1, -0.05) is 30.3 Å². The molecule has 2 N–H and O–H groups in total. The minimum atomic E-state index is -1.65. The third kappa shape index (κ3) is 2.59. The molecule has 0 heterocycles. The second kappa shape index (κ2) is 5.09. The lowest BCUT2D eigenvalue weighted by atomic mass is 9.90. The van der Waals surface area contributed by atoms with Crippen LogP contribution in [-0.4, -0.2) is 28.9 Å². The van der Waals surface area contributed by atoms with Gasteiger partial charge in [-0.05, 0) is 19.4 Å². The van der Waals surface area contributed by atoms with Gasteiger partial charge in [-0.2, -0.15) is 0 Å². The van der Waals surface area contributed by atoms with Gasteiger partial charge >= 0.3 is 5.97 Å². The van der Waals surface area contributed by atoms with Crippen molar-refractivity contribution in [3.8, 4) is 0 Å². The fourth-order valence-electron chi connectivity index (χ4n) is 1.38. The summed E-state index contributed by atoms with van der Waals surface area (Å²) in [6.45, 7) is 3.19. The van der Waals surface area contributed by atoms with E-state index in [-0.39, 0.29) is 6.61 Å². The van der Waals surface area contributed by atoms with Gasteiger partial charge in [0, 0.05) is 0 Å². The first kappa shape index (κ1) is 12.7. The number of carbonyl (C=O) groups excluding carboxylic acids is 1. The Hall–Kier alpha value is -1.39. The van der Waals surface area contributed by atoms with E-state index in [0.717, 1.165) is 0 Å². The molecule has 16 heavy (non-hydrogen) atoms. The van der Waals surface area contributed by atoms with Gasteiger partial charge in [0.05, 0.1) is 6.61 Å².